The van der Waals surface area contributed by atoms with Crippen LogP contribution in [-0.2, 0) is 7.05 Å². The first-order valence-corrected chi connectivity index (χ1v) is 11.0. The lowest BCUT2D eigenvalue weighted by Crippen LogP contribution is -2.27. The monoisotopic (exact) mass is 397 g/mol. The maximum atomic E-state index is 6.00. The quantitative estimate of drug-likeness (QED) is 0.738. The molecule has 6 heteroatoms. The van der Waals surface area contributed by atoms with E-state index in [2.05, 4.69) is 41.0 Å². The van der Waals surface area contributed by atoms with Gasteiger partial charge in [0.2, 0.25) is 5.88 Å². The van der Waals surface area contributed by atoms with Crippen molar-refractivity contribution >= 4 is 0 Å². The maximum Gasteiger partial charge on any atom is 0.233 e. The highest BCUT2D eigenvalue weighted by atomic mass is 16.5. The second-order valence-corrected chi connectivity index (χ2v) is 10.3. The van der Waals surface area contributed by atoms with Gasteiger partial charge in [-0.15, -0.1) is 10.2 Å². The Morgan fingerprint density at radius 1 is 1.10 bits per heavy atom. The summed E-state index contributed by atoms with van der Waals surface area (Å²) in [5, 5.41) is 12.9. The van der Waals surface area contributed by atoms with Crippen LogP contribution in [0.5, 0.6) is 5.88 Å². The van der Waals surface area contributed by atoms with Crippen LogP contribution in [0.4, 0.5) is 0 Å². The van der Waals surface area contributed by atoms with Gasteiger partial charge in [0.15, 0.2) is 0 Å². The minimum atomic E-state index is 0.431. The van der Waals surface area contributed by atoms with Gasteiger partial charge >= 0.3 is 0 Å². The molecule has 0 N–H and O–H groups in total. The number of rotatable bonds is 6. The van der Waals surface area contributed by atoms with Crippen molar-refractivity contribution in [2.45, 2.75) is 47.0 Å². The smallest absolute Gasteiger partial charge is 0.233 e. The average molecular weight is 398 g/mol. The molecule has 1 aliphatic carbocycles. The first-order valence-electron chi connectivity index (χ1n) is 11.0. The fourth-order valence-corrected chi connectivity index (χ4v) is 4.98. The fourth-order valence-electron chi connectivity index (χ4n) is 4.98. The first-order chi connectivity index (χ1) is 13.8. The van der Waals surface area contributed by atoms with Gasteiger partial charge in [-0.25, -0.2) is 0 Å². The summed E-state index contributed by atoms with van der Waals surface area (Å²) in [5.41, 5.74) is 3.37. The van der Waals surface area contributed by atoms with Crippen LogP contribution >= 0.6 is 0 Å². The molecule has 2 aliphatic rings. The Hall–Kier alpha value is -1.95. The van der Waals surface area contributed by atoms with E-state index in [4.69, 9.17) is 4.74 Å². The molecule has 1 aliphatic heterocycles. The first kappa shape index (κ1) is 20.3. The van der Waals surface area contributed by atoms with E-state index in [9.17, 15) is 0 Å². The fraction of sp³-hybridized carbons (Fsp3) is 0.696. The second kappa shape index (κ2) is 8.05. The van der Waals surface area contributed by atoms with Gasteiger partial charge in [0.05, 0.1) is 18.5 Å². The van der Waals surface area contributed by atoms with Gasteiger partial charge in [0.1, 0.15) is 5.69 Å². The topological polar surface area (TPSA) is 56.1 Å². The van der Waals surface area contributed by atoms with Crippen LogP contribution in [-0.4, -0.2) is 51.1 Å². The lowest BCUT2D eigenvalue weighted by molar-refractivity contribution is 0.212. The van der Waals surface area contributed by atoms with Crippen LogP contribution in [0.2, 0.25) is 0 Å². The number of aryl methyl sites for hydroxylation is 2. The van der Waals surface area contributed by atoms with E-state index in [1.54, 1.807) is 0 Å². The summed E-state index contributed by atoms with van der Waals surface area (Å²) < 4.78 is 7.83. The van der Waals surface area contributed by atoms with Gasteiger partial charge in [-0.3, -0.25) is 4.68 Å². The van der Waals surface area contributed by atoms with E-state index in [1.807, 2.05) is 37.0 Å². The molecular weight excluding hydrogens is 362 g/mol. The zero-order chi connectivity index (χ0) is 20.6. The minimum Gasteiger partial charge on any atom is -0.476 e. The highest BCUT2D eigenvalue weighted by molar-refractivity contribution is 5.58. The van der Waals surface area contributed by atoms with Crippen LogP contribution in [0.3, 0.4) is 0 Å². The third-order valence-electron chi connectivity index (χ3n) is 6.57. The van der Waals surface area contributed by atoms with Gasteiger partial charge in [-0.05, 0) is 67.5 Å². The Labute approximate surface area is 174 Å². The highest BCUT2D eigenvalue weighted by Crippen LogP contribution is 2.42. The minimum absolute atomic E-state index is 0.431. The van der Waals surface area contributed by atoms with Crippen LogP contribution in [0.15, 0.2) is 18.3 Å². The number of hydrogen-bond acceptors (Lipinski definition) is 5. The van der Waals surface area contributed by atoms with Crippen LogP contribution in [0, 0.1) is 30.1 Å². The molecule has 0 aromatic carbocycles. The van der Waals surface area contributed by atoms with Gasteiger partial charge in [-0.1, -0.05) is 20.8 Å². The van der Waals surface area contributed by atoms with Crippen LogP contribution < -0.4 is 4.74 Å². The van der Waals surface area contributed by atoms with Crippen LogP contribution in [0.1, 0.15) is 45.6 Å². The molecule has 3 heterocycles. The third-order valence-corrected chi connectivity index (χ3v) is 6.57. The van der Waals surface area contributed by atoms with E-state index in [0.29, 0.717) is 17.2 Å². The Bertz CT molecular complexity index is 789. The molecule has 1 saturated carbocycles. The number of ether oxygens (including phenoxy) is 1. The van der Waals surface area contributed by atoms with E-state index in [0.717, 1.165) is 35.4 Å². The van der Waals surface area contributed by atoms with Crippen molar-refractivity contribution in [3.05, 3.63) is 23.9 Å². The number of aromatic nitrogens is 4. The molecule has 4 rings (SSSR count). The van der Waals surface area contributed by atoms with Gasteiger partial charge in [-0.2, -0.15) is 5.10 Å². The molecule has 2 aromatic heterocycles. The van der Waals surface area contributed by atoms with E-state index >= 15 is 0 Å². The summed E-state index contributed by atoms with van der Waals surface area (Å²) in [6.45, 7) is 13.6. The molecule has 6 nitrogen and oxygen atoms in total. The standard InChI is InChI=1S/C23H35N5O/c1-16-12-24-27(5)22(16)20-6-7-21(26-25-20)29-15-17-10-18-13-28(14-19(18)11-17)9-8-23(2,3)4/h6-7,12,17-19H,8-11,13-15H2,1-5H3/t17-,18+,19-. The predicted molar refractivity (Wildman–Crippen MR) is 115 cm³/mol. The Morgan fingerprint density at radius 3 is 2.38 bits per heavy atom. The summed E-state index contributed by atoms with van der Waals surface area (Å²) >= 11 is 0. The van der Waals surface area contributed by atoms with Crippen molar-refractivity contribution < 1.29 is 4.74 Å². The molecule has 1 saturated heterocycles. The lowest BCUT2D eigenvalue weighted by Gasteiger charge is -2.24. The Kier molecular flexibility index (Phi) is 5.65. The molecule has 0 bridgehead atoms. The average Bonchev–Trinajstić information content (AvgIpc) is 3.31. The third kappa shape index (κ3) is 4.80. The van der Waals surface area contributed by atoms with Gasteiger partial charge in [0.25, 0.3) is 0 Å². The SMILES string of the molecule is Cc1cnn(C)c1-c1ccc(OC[C@H]2C[C@@H]3CN(CCC(C)(C)C)C[C@@H]3C2)nn1. The lowest BCUT2D eigenvalue weighted by atomic mass is 9.92. The van der Waals surface area contributed by atoms with Crippen molar-refractivity contribution in [3.8, 4) is 17.3 Å². The molecule has 0 unspecified atom stereocenters. The molecule has 0 spiro atoms. The predicted octanol–water partition coefficient (Wildman–Crippen LogP) is 3.96. The highest BCUT2D eigenvalue weighted by Gasteiger charge is 2.40. The summed E-state index contributed by atoms with van der Waals surface area (Å²) in [6, 6.07) is 3.90. The Morgan fingerprint density at radius 2 is 1.83 bits per heavy atom. The summed E-state index contributed by atoms with van der Waals surface area (Å²) in [7, 11) is 1.93. The van der Waals surface area contributed by atoms with E-state index < -0.39 is 0 Å². The zero-order valence-electron chi connectivity index (χ0n) is 18.6. The number of hydrogen-bond donors (Lipinski definition) is 0. The summed E-state index contributed by atoms with van der Waals surface area (Å²) in [6.07, 6.45) is 5.71. The second-order valence-electron chi connectivity index (χ2n) is 10.3. The van der Waals surface area contributed by atoms with Crippen molar-refractivity contribution in [1.29, 1.82) is 0 Å². The van der Waals surface area contributed by atoms with Crippen molar-refractivity contribution in [1.82, 2.24) is 24.9 Å². The normalized spacial score (nSPS) is 24.8. The largest absolute Gasteiger partial charge is 0.476 e. The van der Waals surface area contributed by atoms with Gasteiger partial charge < -0.3 is 9.64 Å². The maximum absolute atomic E-state index is 6.00. The molecule has 2 fully saturated rings. The Balaban J connectivity index is 1.24. The van der Waals surface area contributed by atoms with Crippen molar-refractivity contribution in [3.63, 3.8) is 0 Å². The molecule has 2 aromatic rings. The molecule has 0 radical (unpaired) electrons. The number of likely N-dealkylation sites (tertiary alicyclic amines) is 1. The van der Waals surface area contributed by atoms with E-state index in [-0.39, 0.29) is 0 Å². The molecule has 29 heavy (non-hydrogen) atoms. The molecular formula is C23H35N5O. The van der Waals surface area contributed by atoms with E-state index in [1.165, 1.54) is 38.9 Å². The summed E-state index contributed by atoms with van der Waals surface area (Å²) in [5.74, 6) is 2.97. The van der Waals surface area contributed by atoms with Crippen LogP contribution in [0.25, 0.3) is 11.4 Å². The summed E-state index contributed by atoms with van der Waals surface area (Å²) in [4.78, 5) is 2.68. The zero-order valence-corrected chi connectivity index (χ0v) is 18.6. The van der Waals surface area contributed by atoms with Gasteiger partial charge in [0, 0.05) is 26.2 Å². The number of nitrogens with zero attached hydrogens (tertiary/aromatic N) is 5. The van der Waals surface area contributed by atoms with Crippen molar-refractivity contribution in [2.75, 3.05) is 26.2 Å². The van der Waals surface area contributed by atoms with Crippen molar-refractivity contribution in [2.24, 2.45) is 30.2 Å². The number of fused-ring (bicyclic) bond motifs is 1. The molecule has 3 atom stereocenters. The molecule has 158 valence electrons. The molecule has 0 amide bonds.